The molecule has 0 radical (unpaired) electrons. The van der Waals surface area contributed by atoms with E-state index < -0.39 is 0 Å². The van der Waals surface area contributed by atoms with Gasteiger partial charge in [-0.3, -0.25) is 0 Å². The van der Waals surface area contributed by atoms with Crippen LogP contribution in [0, 0.1) is 5.92 Å². The van der Waals surface area contributed by atoms with E-state index in [1.165, 1.54) is 32.1 Å². The number of aliphatic hydroxyl groups is 1. The molecule has 0 aromatic heterocycles. The Balaban J connectivity index is 3.24. The first-order valence-electron chi connectivity index (χ1n) is 5.88. The molecule has 0 amide bonds. The molecule has 2 atom stereocenters. The van der Waals surface area contributed by atoms with Crippen LogP contribution in [-0.4, -0.2) is 11.2 Å². The van der Waals surface area contributed by atoms with Gasteiger partial charge in [0.2, 0.25) is 0 Å². The van der Waals surface area contributed by atoms with Crippen molar-refractivity contribution in [2.24, 2.45) is 5.92 Å². The second kappa shape index (κ2) is 8.55. The third-order valence-electron chi connectivity index (χ3n) is 2.70. The molecule has 1 N–H and O–H groups in total. The molecular formula is C12H26O. The van der Waals surface area contributed by atoms with Crippen molar-refractivity contribution in [3.8, 4) is 0 Å². The quantitative estimate of drug-likeness (QED) is 0.572. The third kappa shape index (κ3) is 8.29. The molecular weight excluding hydrogens is 160 g/mol. The maximum atomic E-state index is 9.43. The molecule has 0 aliphatic heterocycles. The zero-order chi connectivity index (χ0) is 10.1. The van der Waals surface area contributed by atoms with E-state index in [0.717, 1.165) is 12.8 Å². The molecule has 0 spiro atoms. The van der Waals surface area contributed by atoms with Crippen molar-refractivity contribution in [1.29, 1.82) is 0 Å². The Morgan fingerprint density at radius 1 is 1.08 bits per heavy atom. The zero-order valence-corrected chi connectivity index (χ0v) is 9.55. The Morgan fingerprint density at radius 3 is 2.31 bits per heavy atom. The first kappa shape index (κ1) is 13.0. The average molecular weight is 186 g/mol. The summed E-state index contributed by atoms with van der Waals surface area (Å²) in [5.41, 5.74) is 0. The lowest BCUT2D eigenvalue weighted by atomic mass is 9.96. The minimum absolute atomic E-state index is 0.0684. The summed E-state index contributed by atoms with van der Waals surface area (Å²) in [6.07, 6.45) is 8.49. The molecule has 80 valence electrons. The molecule has 1 heteroatoms. The summed E-state index contributed by atoms with van der Waals surface area (Å²) in [7, 11) is 0. The van der Waals surface area contributed by atoms with Crippen molar-refractivity contribution in [1.82, 2.24) is 0 Å². The monoisotopic (exact) mass is 186 g/mol. The van der Waals surface area contributed by atoms with E-state index in [2.05, 4.69) is 20.8 Å². The molecule has 0 fully saturated rings. The normalized spacial score (nSPS) is 15.7. The zero-order valence-electron chi connectivity index (χ0n) is 9.55. The molecule has 0 heterocycles. The number of hydrogen-bond acceptors (Lipinski definition) is 1. The predicted octanol–water partition coefficient (Wildman–Crippen LogP) is 3.75. The van der Waals surface area contributed by atoms with E-state index in [1.54, 1.807) is 0 Å². The lowest BCUT2D eigenvalue weighted by Gasteiger charge is -2.14. The molecule has 1 nitrogen and oxygen atoms in total. The van der Waals surface area contributed by atoms with E-state index in [-0.39, 0.29) is 6.10 Å². The van der Waals surface area contributed by atoms with Gasteiger partial charge >= 0.3 is 0 Å². The number of hydrogen-bond donors (Lipinski definition) is 1. The van der Waals surface area contributed by atoms with Gasteiger partial charge in [0.1, 0.15) is 0 Å². The van der Waals surface area contributed by atoms with Crippen LogP contribution >= 0.6 is 0 Å². The van der Waals surface area contributed by atoms with Crippen molar-refractivity contribution in [2.45, 2.75) is 71.8 Å². The van der Waals surface area contributed by atoms with Crippen molar-refractivity contribution in [3.05, 3.63) is 0 Å². The molecule has 0 aromatic rings. The van der Waals surface area contributed by atoms with Gasteiger partial charge < -0.3 is 5.11 Å². The second-order valence-corrected chi connectivity index (χ2v) is 4.25. The van der Waals surface area contributed by atoms with E-state index in [1.807, 2.05) is 0 Å². The number of unbranched alkanes of at least 4 members (excludes halogenated alkanes) is 3. The minimum Gasteiger partial charge on any atom is -0.393 e. The van der Waals surface area contributed by atoms with Gasteiger partial charge in [-0.25, -0.2) is 0 Å². The highest BCUT2D eigenvalue weighted by Gasteiger charge is 2.07. The van der Waals surface area contributed by atoms with E-state index in [0.29, 0.717) is 5.92 Å². The Hall–Kier alpha value is -0.0400. The van der Waals surface area contributed by atoms with Gasteiger partial charge in [-0.1, -0.05) is 52.9 Å². The molecule has 1 unspecified atom stereocenters. The predicted molar refractivity (Wildman–Crippen MR) is 58.8 cm³/mol. The van der Waals surface area contributed by atoms with Gasteiger partial charge in [-0.05, 0) is 18.8 Å². The van der Waals surface area contributed by atoms with Gasteiger partial charge in [0, 0.05) is 0 Å². The van der Waals surface area contributed by atoms with Gasteiger partial charge in [0.05, 0.1) is 6.10 Å². The molecule has 0 aliphatic rings. The Morgan fingerprint density at radius 2 is 1.77 bits per heavy atom. The molecule has 0 bridgehead atoms. The van der Waals surface area contributed by atoms with Gasteiger partial charge in [0.15, 0.2) is 0 Å². The Kier molecular flexibility index (Phi) is 8.53. The summed E-state index contributed by atoms with van der Waals surface area (Å²) < 4.78 is 0. The summed E-state index contributed by atoms with van der Waals surface area (Å²) in [5.74, 6) is 0.701. The fourth-order valence-electron chi connectivity index (χ4n) is 1.67. The van der Waals surface area contributed by atoms with E-state index >= 15 is 0 Å². The first-order valence-corrected chi connectivity index (χ1v) is 5.88. The number of aliphatic hydroxyl groups excluding tert-OH is 1. The van der Waals surface area contributed by atoms with Gasteiger partial charge in [-0.15, -0.1) is 0 Å². The molecule has 13 heavy (non-hydrogen) atoms. The fourth-order valence-corrected chi connectivity index (χ4v) is 1.67. The SMILES string of the molecule is CCCCCCC(C)C[C@@H](O)CC. The summed E-state index contributed by atoms with van der Waals surface area (Å²) in [6, 6.07) is 0. The van der Waals surface area contributed by atoms with Crippen molar-refractivity contribution >= 4 is 0 Å². The maximum Gasteiger partial charge on any atom is 0.0540 e. The van der Waals surface area contributed by atoms with Crippen LogP contribution in [0.15, 0.2) is 0 Å². The molecule has 0 saturated heterocycles. The highest BCUT2D eigenvalue weighted by atomic mass is 16.3. The number of rotatable bonds is 8. The van der Waals surface area contributed by atoms with Crippen molar-refractivity contribution in [3.63, 3.8) is 0 Å². The molecule has 0 saturated carbocycles. The van der Waals surface area contributed by atoms with Gasteiger partial charge in [0.25, 0.3) is 0 Å². The molecule has 0 aliphatic carbocycles. The topological polar surface area (TPSA) is 20.2 Å². The largest absolute Gasteiger partial charge is 0.393 e. The highest BCUT2D eigenvalue weighted by Crippen LogP contribution is 2.16. The van der Waals surface area contributed by atoms with Crippen molar-refractivity contribution < 1.29 is 5.11 Å². The van der Waals surface area contributed by atoms with E-state index in [9.17, 15) is 5.11 Å². The maximum absolute atomic E-state index is 9.43. The summed E-state index contributed by atoms with van der Waals surface area (Å²) in [6.45, 7) is 6.55. The first-order chi connectivity index (χ1) is 6.20. The fraction of sp³-hybridized carbons (Fsp3) is 1.00. The third-order valence-corrected chi connectivity index (χ3v) is 2.70. The molecule has 0 aromatic carbocycles. The minimum atomic E-state index is -0.0684. The average Bonchev–Trinajstić information content (AvgIpc) is 2.12. The van der Waals surface area contributed by atoms with Crippen LogP contribution < -0.4 is 0 Å². The summed E-state index contributed by atoms with van der Waals surface area (Å²) in [5, 5.41) is 9.43. The standard InChI is InChI=1S/C12H26O/c1-4-6-7-8-9-11(3)10-12(13)5-2/h11-13H,4-10H2,1-3H3/t11?,12-/m0/s1. The van der Waals surface area contributed by atoms with Crippen LogP contribution in [0.25, 0.3) is 0 Å². The van der Waals surface area contributed by atoms with Gasteiger partial charge in [-0.2, -0.15) is 0 Å². The van der Waals surface area contributed by atoms with E-state index in [4.69, 9.17) is 0 Å². The van der Waals surface area contributed by atoms with Crippen LogP contribution in [0.5, 0.6) is 0 Å². The molecule has 0 rings (SSSR count). The summed E-state index contributed by atoms with van der Waals surface area (Å²) >= 11 is 0. The lowest BCUT2D eigenvalue weighted by molar-refractivity contribution is 0.138. The van der Waals surface area contributed by atoms with Crippen LogP contribution in [-0.2, 0) is 0 Å². The second-order valence-electron chi connectivity index (χ2n) is 4.25. The van der Waals surface area contributed by atoms with Crippen LogP contribution in [0.2, 0.25) is 0 Å². The summed E-state index contributed by atoms with van der Waals surface area (Å²) in [4.78, 5) is 0. The van der Waals surface area contributed by atoms with Crippen LogP contribution in [0.1, 0.15) is 65.7 Å². The van der Waals surface area contributed by atoms with Crippen molar-refractivity contribution in [2.75, 3.05) is 0 Å². The van der Waals surface area contributed by atoms with Crippen LogP contribution in [0.3, 0.4) is 0 Å². The Bertz CT molecular complexity index is 101. The highest BCUT2D eigenvalue weighted by molar-refractivity contribution is 4.60. The Labute approximate surface area is 83.5 Å². The lowest BCUT2D eigenvalue weighted by Crippen LogP contribution is -2.10. The van der Waals surface area contributed by atoms with Crippen LogP contribution in [0.4, 0.5) is 0 Å². The smallest absolute Gasteiger partial charge is 0.0540 e.